The zero-order chi connectivity index (χ0) is 24.2. The monoisotopic (exact) mass is 476 g/mol. The van der Waals surface area contributed by atoms with Crippen molar-refractivity contribution in [2.24, 2.45) is 23.7 Å². The van der Waals surface area contributed by atoms with Gasteiger partial charge in [-0.25, -0.2) is 0 Å². The Hall–Kier alpha value is -3.04. The van der Waals surface area contributed by atoms with Gasteiger partial charge in [0.25, 0.3) is 0 Å². The number of benzene rings is 3. The summed E-state index contributed by atoms with van der Waals surface area (Å²) in [6, 6.07) is 28.9. The first-order valence-electron chi connectivity index (χ1n) is 13.2. The van der Waals surface area contributed by atoms with Crippen molar-refractivity contribution in [3.63, 3.8) is 0 Å². The van der Waals surface area contributed by atoms with E-state index in [0.29, 0.717) is 29.2 Å². The van der Waals surface area contributed by atoms with E-state index in [-0.39, 0.29) is 0 Å². The second-order valence-corrected chi connectivity index (χ2v) is 15.8. The van der Waals surface area contributed by atoms with E-state index in [1.165, 1.54) is 40.3 Å². The highest BCUT2D eigenvalue weighted by atomic mass is 28.3. The summed E-state index contributed by atoms with van der Waals surface area (Å²) in [5, 5.41) is 3.71. The van der Waals surface area contributed by atoms with Crippen LogP contribution >= 0.6 is 0 Å². The molecule has 0 aromatic heterocycles. The van der Waals surface area contributed by atoms with E-state index in [4.69, 9.17) is 0 Å². The van der Waals surface area contributed by atoms with Gasteiger partial charge >= 0.3 is 0 Å². The Kier molecular flexibility index (Phi) is 5.49. The molecule has 1 aliphatic heterocycles. The van der Waals surface area contributed by atoms with Gasteiger partial charge in [0, 0.05) is 0 Å². The topological polar surface area (TPSA) is 15.3 Å². The van der Waals surface area contributed by atoms with Crippen molar-refractivity contribution in [1.29, 1.82) is 0 Å². The van der Waals surface area contributed by atoms with Gasteiger partial charge in [0.2, 0.25) is 0 Å². The van der Waals surface area contributed by atoms with Crippen molar-refractivity contribution < 1.29 is 0 Å². The molecular weight excluding hydrogens is 440 g/mol. The highest BCUT2D eigenvalue weighted by Gasteiger charge is 2.55. The third kappa shape index (κ3) is 3.60. The molecule has 0 spiro atoms. The third-order valence-electron chi connectivity index (χ3n) is 8.79. The predicted octanol–water partition coefficient (Wildman–Crippen LogP) is 9.02. The van der Waals surface area contributed by atoms with Crippen molar-refractivity contribution >= 4 is 36.6 Å². The van der Waals surface area contributed by atoms with Gasteiger partial charge in [-0.05, 0) is 71.0 Å². The molecule has 2 nitrogen and oxygen atoms in total. The molecule has 4 atom stereocenters. The lowest BCUT2D eigenvalue weighted by atomic mass is 9.81. The summed E-state index contributed by atoms with van der Waals surface area (Å²) in [7, 11) is -2.02. The van der Waals surface area contributed by atoms with E-state index in [9.17, 15) is 0 Å². The van der Waals surface area contributed by atoms with Crippen LogP contribution in [0.5, 0.6) is 0 Å². The molecule has 0 radical (unpaired) electrons. The number of nitrogens with zero attached hydrogens (tertiary/aromatic N) is 1. The minimum atomic E-state index is -2.02. The Morgan fingerprint density at radius 3 is 2.06 bits per heavy atom. The fraction of sp³-hybridized carbons (Fsp3) is 0.312. The predicted molar refractivity (Wildman–Crippen MR) is 153 cm³/mol. The molecule has 6 rings (SSSR count). The van der Waals surface area contributed by atoms with E-state index in [1.807, 2.05) is 0 Å². The number of hydrogen-bond donors (Lipinski definition) is 1. The normalized spacial score (nSPS) is 24.9. The number of para-hydroxylation sites is 4. The second kappa shape index (κ2) is 8.56. The molecule has 3 heteroatoms. The van der Waals surface area contributed by atoms with Gasteiger partial charge in [-0.2, -0.15) is 0 Å². The Bertz CT molecular complexity index is 1240. The first-order valence-corrected chi connectivity index (χ1v) is 16.2. The molecule has 35 heavy (non-hydrogen) atoms. The van der Waals surface area contributed by atoms with Crippen LogP contribution in [-0.2, 0) is 0 Å². The first-order chi connectivity index (χ1) is 17.0. The highest BCUT2D eigenvalue weighted by Crippen LogP contribution is 2.61. The number of hydrogen-bond acceptors (Lipinski definition) is 2. The van der Waals surface area contributed by atoms with E-state index in [2.05, 4.69) is 134 Å². The minimum Gasteiger partial charge on any atom is -0.366 e. The third-order valence-corrected chi connectivity index (χ3v) is 12.9. The van der Waals surface area contributed by atoms with Gasteiger partial charge in [-0.15, -0.1) is 0 Å². The van der Waals surface area contributed by atoms with Crippen molar-refractivity contribution in [3.8, 4) is 0 Å². The molecule has 3 aromatic rings. The number of fused-ring (bicyclic) bond motifs is 3. The standard InChI is InChI=1S/C32H36N2Si/c1-22(2)26-21-27-24(23-13-6-5-7-14-23)15-12-16-25(27)32(26)35(3,4)34-30-19-10-8-17-28(30)33-29-18-9-11-20-31(29)34/h5-20,22,25-27,32-33H,21H2,1-4H3/t25-,26-,27+,32?/m0/s1. The Morgan fingerprint density at radius 1 is 0.829 bits per heavy atom. The minimum absolute atomic E-state index is 0.582. The number of rotatable bonds is 4. The lowest BCUT2D eigenvalue weighted by Gasteiger charge is -2.50. The molecule has 0 bridgehead atoms. The SMILES string of the molecule is CC(C)[C@@H]1C[C@@H]2C(c3ccccc3)=CC=C[C@@H]2C1[Si](C)(C)N1c2ccccc2Nc2ccccc21. The molecule has 178 valence electrons. The largest absolute Gasteiger partial charge is 0.366 e. The van der Waals surface area contributed by atoms with Crippen LogP contribution in [0.4, 0.5) is 22.7 Å². The summed E-state index contributed by atoms with van der Waals surface area (Å²) in [4.78, 5) is 0. The molecule has 3 aromatic carbocycles. The summed E-state index contributed by atoms with van der Waals surface area (Å²) < 4.78 is 2.78. The molecular formula is C32H36N2Si. The van der Waals surface area contributed by atoms with Gasteiger partial charge < -0.3 is 9.88 Å². The number of allylic oxidation sites excluding steroid dienone is 4. The van der Waals surface area contributed by atoms with Gasteiger partial charge in [-0.1, -0.05) is 99.8 Å². The molecule has 0 amide bonds. The van der Waals surface area contributed by atoms with Crippen molar-refractivity contribution in [3.05, 3.63) is 103 Å². The number of nitrogens with one attached hydrogen (secondary N) is 1. The summed E-state index contributed by atoms with van der Waals surface area (Å²) in [5.74, 6) is 2.55. The zero-order valence-corrected chi connectivity index (χ0v) is 22.3. The average molecular weight is 477 g/mol. The van der Waals surface area contributed by atoms with Crippen molar-refractivity contribution in [2.45, 2.75) is 38.9 Å². The molecule has 1 heterocycles. The summed E-state index contributed by atoms with van der Waals surface area (Å²) in [6.07, 6.45) is 8.58. The number of anilines is 4. The maximum absolute atomic E-state index is 3.71. The smallest absolute Gasteiger partial charge is 0.160 e. The molecule has 1 saturated carbocycles. The van der Waals surface area contributed by atoms with Crippen LogP contribution in [0.1, 0.15) is 25.8 Å². The molecule has 2 aliphatic carbocycles. The van der Waals surface area contributed by atoms with Crippen LogP contribution in [0.15, 0.2) is 97.1 Å². The quantitative estimate of drug-likeness (QED) is 0.378. The fourth-order valence-corrected chi connectivity index (χ4v) is 12.1. The molecule has 1 N–H and O–H groups in total. The van der Waals surface area contributed by atoms with E-state index < -0.39 is 8.24 Å². The lowest BCUT2D eigenvalue weighted by Crippen LogP contribution is -2.54. The van der Waals surface area contributed by atoms with Crippen LogP contribution in [0.2, 0.25) is 18.6 Å². The fourth-order valence-electron chi connectivity index (χ4n) is 7.35. The second-order valence-electron chi connectivity index (χ2n) is 11.4. The zero-order valence-electron chi connectivity index (χ0n) is 21.3. The maximum atomic E-state index is 3.71. The molecule has 1 unspecified atom stereocenters. The molecule has 3 aliphatic rings. The maximum Gasteiger partial charge on any atom is 0.160 e. The van der Waals surface area contributed by atoms with Crippen LogP contribution in [0, 0.1) is 23.7 Å². The van der Waals surface area contributed by atoms with E-state index >= 15 is 0 Å². The van der Waals surface area contributed by atoms with Gasteiger partial charge in [0.1, 0.15) is 0 Å². The van der Waals surface area contributed by atoms with Crippen LogP contribution < -0.4 is 9.88 Å². The Balaban J connectivity index is 1.47. The van der Waals surface area contributed by atoms with Crippen LogP contribution in [0.3, 0.4) is 0 Å². The lowest BCUT2D eigenvalue weighted by molar-refractivity contribution is 0.379. The summed E-state index contributed by atoms with van der Waals surface area (Å²) >= 11 is 0. The van der Waals surface area contributed by atoms with E-state index in [1.54, 1.807) is 0 Å². The van der Waals surface area contributed by atoms with E-state index in [0.717, 1.165) is 0 Å². The Labute approximate surface area is 211 Å². The Morgan fingerprint density at radius 2 is 1.43 bits per heavy atom. The van der Waals surface area contributed by atoms with Crippen molar-refractivity contribution in [2.75, 3.05) is 9.88 Å². The average Bonchev–Trinajstić information content (AvgIpc) is 3.29. The highest BCUT2D eigenvalue weighted by molar-refractivity contribution is 6.84. The first kappa shape index (κ1) is 22.4. The van der Waals surface area contributed by atoms with Gasteiger partial charge in [-0.3, -0.25) is 0 Å². The summed E-state index contributed by atoms with van der Waals surface area (Å²) in [5.41, 5.74) is 8.73. The molecule has 0 saturated heterocycles. The van der Waals surface area contributed by atoms with Crippen LogP contribution in [-0.4, -0.2) is 8.24 Å². The van der Waals surface area contributed by atoms with Gasteiger partial charge in [0.05, 0.1) is 22.7 Å². The summed E-state index contributed by atoms with van der Waals surface area (Å²) in [6.45, 7) is 10.2. The van der Waals surface area contributed by atoms with Crippen molar-refractivity contribution in [1.82, 2.24) is 0 Å². The van der Waals surface area contributed by atoms with Gasteiger partial charge in [0.15, 0.2) is 8.24 Å². The van der Waals surface area contributed by atoms with Crippen LogP contribution in [0.25, 0.3) is 5.57 Å². The molecule has 1 fully saturated rings.